The molecule has 1 heterocycles. The highest BCUT2D eigenvalue weighted by molar-refractivity contribution is 5.76. The molecule has 1 aliphatic rings. The number of amides is 1. The Labute approximate surface area is 471 Å². The maximum atomic E-state index is 13.1. The number of nitrogens with one attached hydrogen (secondary N) is 1. The minimum atomic E-state index is -1.55. The van der Waals surface area contributed by atoms with Crippen molar-refractivity contribution in [1.29, 1.82) is 0 Å². The standard InChI is InChI=1S/C67H131NO8/c1-3-5-7-9-11-13-15-17-19-21-23-25-27-29-30-31-32-33-35-37-39-41-43-45-47-49-51-53-55-57-63(71)68-60(59-75-67-66(74)65(73)64(72)62(58-69)76-67)61(70)56-54-52-50-48-46-44-42-40-38-36-34-28-26-24-22-20-18-16-14-12-10-8-6-4-2/h21,23,60-62,64-67,69-70,72-74H,3-20,22,24-59H2,1-2H3,(H,68,71)/b23-21-. The van der Waals surface area contributed by atoms with Crippen LogP contribution in [0.4, 0.5) is 0 Å². The molecule has 1 fully saturated rings. The van der Waals surface area contributed by atoms with Gasteiger partial charge in [0.25, 0.3) is 0 Å². The Bertz CT molecular complexity index is 1200. The van der Waals surface area contributed by atoms with Gasteiger partial charge in [0.05, 0.1) is 25.4 Å². The first-order valence-corrected chi connectivity index (χ1v) is 33.9. The quantitative estimate of drug-likeness (QED) is 0.0261. The average molecular weight is 1080 g/mol. The van der Waals surface area contributed by atoms with Crippen molar-refractivity contribution in [2.24, 2.45) is 0 Å². The number of aliphatic hydroxyl groups is 5. The Balaban J connectivity index is 2.11. The Morgan fingerprint density at radius 2 is 0.737 bits per heavy atom. The second-order valence-corrected chi connectivity index (χ2v) is 24.0. The normalized spacial score (nSPS) is 18.8. The molecule has 0 aliphatic carbocycles. The van der Waals surface area contributed by atoms with E-state index in [2.05, 4.69) is 31.3 Å². The van der Waals surface area contributed by atoms with Crippen LogP contribution in [0.15, 0.2) is 12.2 Å². The third kappa shape index (κ3) is 45.6. The van der Waals surface area contributed by atoms with Crippen molar-refractivity contribution in [2.45, 2.75) is 397 Å². The molecule has 452 valence electrons. The van der Waals surface area contributed by atoms with Crippen LogP contribution in [0.1, 0.15) is 354 Å². The molecule has 1 rings (SSSR count). The van der Waals surface area contributed by atoms with Gasteiger partial charge in [0.1, 0.15) is 24.4 Å². The van der Waals surface area contributed by atoms with Crippen molar-refractivity contribution in [3.05, 3.63) is 12.2 Å². The molecule has 1 saturated heterocycles. The average Bonchev–Trinajstić information content (AvgIpc) is 3.42. The number of rotatable bonds is 60. The third-order valence-corrected chi connectivity index (χ3v) is 16.6. The molecule has 9 nitrogen and oxygen atoms in total. The van der Waals surface area contributed by atoms with E-state index in [1.807, 2.05) is 0 Å². The number of hydrogen-bond donors (Lipinski definition) is 6. The first-order chi connectivity index (χ1) is 37.3. The van der Waals surface area contributed by atoms with Crippen LogP contribution < -0.4 is 5.32 Å². The molecule has 0 aromatic heterocycles. The van der Waals surface area contributed by atoms with E-state index >= 15 is 0 Å². The summed E-state index contributed by atoms with van der Waals surface area (Å²) in [6.45, 7) is 3.90. The van der Waals surface area contributed by atoms with E-state index in [-0.39, 0.29) is 12.5 Å². The number of aliphatic hydroxyl groups excluding tert-OH is 5. The summed E-state index contributed by atoms with van der Waals surface area (Å²) in [5, 5.41) is 54.9. The summed E-state index contributed by atoms with van der Waals surface area (Å²) >= 11 is 0. The molecular weight excluding hydrogens is 947 g/mol. The van der Waals surface area contributed by atoms with E-state index in [4.69, 9.17) is 9.47 Å². The Hall–Kier alpha value is -1.07. The van der Waals surface area contributed by atoms with Gasteiger partial charge in [0.2, 0.25) is 5.91 Å². The van der Waals surface area contributed by atoms with Gasteiger partial charge in [-0.15, -0.1) is 0 Å². The number of allylic oxidation sites excluding steroid dienone is 2. The van der Waals surface area contributed by atoms with Crippen LogP contribution in [0.25, 0.3) is 0 Å². The van der Waals surface area contributed by atoms with E-state index in [9.17, 15) is 30.3 Å². The molecule has 0 bridgehead atoms. The SMILES string of the molecule is CCCCCCCCCC/C=C\CCCCCCCCCCCCCCCCCCCC(=O)NC(COC1OC(CO)C(O)C(O)C1O)C(O)CCCCCCCCCCCCCCCCCCCCCCCCCC. The summed E-state index contributed by atoms with van der Waals surface area (Å²) in [6.07, 6.45) is 65.6. The molecule has 1 amide bonds. The molecule has 7 atom stereocenters. The molecule has 1 aliphatic heterocycles. The summed E-state index contributed by atoms with van der Waals surface area (Å²) < 4.78 is 11.4. The molecule has 0 saturated carbocycles. The Morgan fingerprint density at radius 3 is 1.07 bits per heavy atom. The van der Waals surface area contributed by atoms with Gasteiger partial charge in [0.15, 0.2) is 6.29 Å². The fourth-order valence-electron chi connectivity index (χ4n) is 11.3. The highest BCUT2D eigenvalue weighted by Crippen LogP contribution is 2.24. The van der Waals surface area contributed by atoms with E-state index in [0.29, 0.717) is 12.8 Å². The van der Waals surface area contributed by atoms with Crippen LogP contribution in [-0.4, -0.2) is 87.5 Å². The van der Waals surface area contributed by atoms with E-state index in [1.54, 1.807) is 0 Å². The van der Waals surface area contributed by atoms with Crippen molar-refractivity contribution in [3.8, 4) is 0 Å². The smallest absolute Gasteiger partial charge is 0.220 e. The topological polar surface area (TPSA) is 149 Å². The van der Waals surface area contributed by atoms with Crippen LogP contribution in [0, 0.1) is 0 Å². The van der Waals surface area contributed by atoms with Gasteiger partial charge < -0.3 is 40.3 Å². The van der Waals surface area contributed by atoms with Gasteiger partial charge in [-0.2, -0.15) is 0 Å². The van der Waals surface area contributed by atoms with Crippen molar-refractivity contribution >= 4 is 5.91 Å². The largest absolute Gasteiger partial charge is 0.394 e. The predicted molar refractivity (Wildman–Crippen MR) is 323 cm³/mol. The predicted octanol–water partition coefficient (Wildman–Crippen LogP) is 17.9. The van der Waals surface area contributed by atoms with Crippen LogP contribution in [0.5, 0.6) is 0 Å². The number of carbonyl (C=O) groups excluding carboxylic acids is 1. The van der Waals surface area contributed by atoms with Crippen LogP contribution >= 0.6 is 0 Å². The molecule has 0 aromatic carbocycles. The number of hydrogen-bond acceptors (Lipinski definition) is 8. The summed E-state index contributed by atoms with van der Waals surface area (Å²) in [6, 6.07) is -0.717. The maximum absolute atomic E-state index is 13.1. The lowest BCUT2D eigenvalue weighted by molar-refractivity contribution is -0.302. The minimum Gasteiger partial charge on any atom is -0.394 e. The monoisotopic (exact) mass is 1080 g/mol. The minimum absolute atomic E-state index is 0.132. The lowest BCUT2D eigenvalue weighted by Gasteiger charge is -2.40. The van der Waals surface area contributed by atoms with Crippen molar-refractivity contribution in [2.75, 3.05) is 13.2 Å². The number of unbranched alkanes of at least 4 members (excludes halogenated alkanes) is 48. The van der Waals surface area contributed by atoms with Crippen LogP contribution in [0.3, 0.4) is 0 Å². The number of ether oxygens (including phenoxy) is 2. The summed E-state index contributed by atoms with van der Waals surface area (Å²) in [4.78, 5) is 13.1. The summed E-state index contributed by atoms with van der Waals surface area (Å²) in [5.74, 6) is -0.135. The molecule has 0 radical (unpaired) electrons. The zero-order valence-electron chi connectivity index (χ0n) is 50.5. The second kappa shape index (κ2) is 57.2. The highest BCUT2D eigenvalue weighted by Gasteiger charge is 2.44. The van der Waals surface area contributed by atoms with Gasteiger partial charge >= 0.3 is 0 Å². The van der Waals surface area contributed by atoms with Gasteiger partial charge in [0, 0.05) is 6.42 Å². The lowest BCUT2D eigenvalue weighted by Crippen LogP contribution is -2.60. The first-order valence-electron chi connectivity index (χ1n) is 33.9. The van der Waals surface area contributed by atoms with Gasteiger partial charge in [-0.05, 0) is 38.5 Å². The Kier molecular flexibility index (Phi) is 54.9. The Morgan fingerprint density at radius 1 is 0.434 bits per heavy atom. The maximum Gasteiger partial charge on any atom is 0.220 e. The highest BCUT2D eigenvalue weighted by atomic mass is 16.7. The van der Waals surface area contributed by atoms with Crippen molar-refractivity contribution in [1.82, 2.24) is 5.32 Å². The second-order valence-electron chi connectivity index (χ2n) is 24.0. The first kappa shape index (κ1) is 72.9. The third-order valence-electron chi connectivity index (χ3n) is 16.6. The lowest BCUT2D eigenvalue weighted by atomic mass is 9.99. The molecule has 6 N–H and O–H groups in total. The van der Waals surface area contributed by atoms with E-state index < -0.39 is 49.5 Å². The summed E-state index contributed by atoms with van der Waals surface area (Å²) in [7, 11) is 0. The molecular formula is C67H131NO8. The zero-order chi connectivity index (χ0) is 55.0. The van der Waals surface area contributed by atoms with Gasteiger partial charge in [-0.3, -0.25) is 4.79 Å². The van der Waals surface area contributed by atoms with Crippen molar-refractivity contribution < 1.29 is 39.8 Å². The fraction of sp³-hybridized carbons (Fsp3) is 0.955. The molecule has 7 unspecified atom stereocenters. The van der Waals surface area contributed by atoms with E-state index in [1.165, 1.54) is 289 Å². The fourth-order valence-corrected chi connectivity index (χ4v) is 11.3. The number of carbonyl (C=O) groups is 1. The summed E-state index contributed by atoms with van der Waals surface area (Å²) in [5.41, 5.74) is 0. The van der Waals surface area contributed by atoms with Crippen LogP contribution in [0.2, 0.25) is 0 Å². The van der Waals surface area contributed by atoms with Crippen LogP contribution in [-0.2, 0) is 14.3 Å². The van der Waals surface area contributed by atoms with Gasteiger partial charge in [-0.25, -0.2) is 0 Å². The van der Waals surface area contributed by atoms with E-state index in [0.717, 1.165) is 38.5 Å². The molecule has 76 heavy (non-hydrogen) atoms. The zero-order valence-corrected chi connectivity index (χ0v) is 50.5. The van der Waals surface area contributed by atoms with Crippen molar-refractivity contribution in [3.63, 3.8) is 0 Å². The molecule has 9 heteroatoms. The molecule has 0 spiro atoms. The molecule has 0 aromatic rings. The van der Waals surface area contributed by atoms with Gasteiger partial charge in [-0.1, -0.05) is 321 Å².